The Morgan fingerprint density at radius 3 is 2.78 bits per heavy atom. The maximum atomic E-state index is 13.8. The van der Waals surface area contributed by atoms with Crippen molar-refractivity contribution in [3.8, 4) is 0 Å². The van der Waals surface area contributed by atoms with Gasteiger partial charge in [-0.3, -0.25) is 9.88 Å². The molecule has 0 amide bonds. The standard InChI is InChI=1S/C16H18FN5S/c1-23-16-19-6-4-15(20-16)22-11-7-12(22)9-21(8-11)10-14-13(17)3-2-5-18-14/h2-6,11-12H,7-10H2,1H3. The number of pyridine rings is 1. The fourth-order valence-corrected chi connectivity index (χ4v) is 3.87. The van der Waals surface area contributed by atoms with Gasteiger partial charge in [-0.15, -0.1) is 0 Å². The van der Waals surface area contributed by atoms with E-state index in [1.165, 1.54) is 12.5 Å². The van der Waals surface area contributed by atoms with Crippen LogP contribution in [0.4, 0.5) is 10.2 Å². The predicted octanol–water partition coefficient (Wildman–Crippen LogP) is 2.20. The summed E-state index contributed by atoms with van der Waals surface area (Å²) < 4.78 is 13.8. The summed E-state index contributed by atoms with van der Waals surface area (Å²) in [6.07, 6.45) is 6.64. The van der Waals surface area contributed by atoms with Crippen LogP contribution in [0, 0.1) is 5.82 Å². The van der Waals surface area contributed by atoms with Gasteiger partial charge in [0.05, 0.1) is 5.69 Å². The number of piperazine rings is 1. The van der Waals surface area contributed by atoms with Crippen molar-refractivity contribution in [1.82, 2.24) is 19.9 Å². The molecule has 5 rings (SSSR count). The fourth-order valence-electron chi connectivity index (χ4n) is 3.52. The van der Waals surface area contributed by atoms with E-state index in [1.54, 1.807) is 24.0 Å². The van der Waals surface area contributed by atoms with Crippen molar-refractivity contribution in [1.29, 1.82) is 0 Å². The highest BCUT2D eigenvalue weighted by Gasteiger charge is 2.45. The summed E-state index contributed by atoms with van der Waals surface area (Å²) in [5.74, 6) is 0.790. The molecular formula is C16H18FN5S. The van der Waals surface area contributed by atoms with Gasteiger partial charge in [0, 0.05) is 44.1 Å². The Balaban J connectivity index is 1.45. The minimum Gasteiger partial charge on any atom is -0.348 e. The molecule has 2 unspecified atom stereocenters. The average Bonchev–Trinajstić information content (AvgIpc) is 2.57. The van der Waals surface area contributed by atoms with Gasteiger partial charge in [-0.05, 0) is 30.9 Å². The largest absolute Gasteiger partial charge is 0.348 e. The summed E-state index contributed by atoms with van der Waals surface area (Å²) in [4.78, 5) is 17.7. The van der Waals surface area contributed by atoms with E-state index in [9.17, 15) is 4.39 Å². The third kappa shape index (κ3) is 2.79. The van der Waals surface area contributed by atoms with Crippen molar-refractivity contribution in [2.45, 2.75) is 30.2 Å². The number of anilines is 1. The topological polar surface area (TPSA) is 45.2 Å². The third-order valence-electron chi connectivity index (χ3n) is 4.54. The zero-order valence-electron chi connectivity index (χ0n) is 12.9. The summed E-state index contributed by atoms with van der Waals surface area (Å²) >= 11 is 1.56. The van der Waals surface area contributed by atoms with E-state index in [0.29, 0.717) is 24.3 Å². The molecule has 2 atom stereocenters. The van der Waals surface area contributed by atoms with E-state index >= 15 is 0 Å². The molecule has 0 saturated carbocycles. The Labute approximate surface area is 138 Å². The summed E-state index contributed by atoms with van der Waals surface area (Å²) in [6.45, 7) is 2.42. The van der Waals surface area contributed by atoms with Crippen LogP contribution in [0.1, 0.15) is 12.1 Å². The maximum Gasteiger partial charge on any atom is 0.189 e. The van der Waals surface area contributed by atoms with Gasteiger partial charge in [-0.25, -0.2) is 14.4 Å². The molecule has 3 aliphatic heterocycles. The fraction of sp³-hybridized carbons (Fsp3) is 0.438. The van der Waals surface area contributed by atoms with Crippen LogP contribution in [-0.4, -0.2) is 51.3 Å². The van der Waals surface area contributed by atoms with Crippen LogP contribution in [0.3, 0.4) is 0 Å². The minimum absolute atomic E-state index is 0.219. The number of hydrogen-bond donors (Lipinski definition) is 0. The van der Waals surface area contributed by atoms with E-state index in [0.717, 1.165) is 24.1 Å². The van der Waals surface area contributed by atoms with E-state index in [-0.39, 0.29) is 5.82 Å². The number of halogens is 1. The molecule has 3 aliphatic rings. The second-order valence-electron chi connectivity index (χ2n) is 5.98. The number of hydrogen-bond acceptors (Lipinski definition) is 6. The van der Waals surface area contributed by atoms with Gasteiger partial charge < -0.3 is 4.90 Å². The lowest BCUT2D eigenvalue weighted by atomic mass is 9.87. The first-order valence-corrected chi connectivity index (χ1v) is 8.94. The lowest BCUT2D eigenvalue weighted by molar-refractivity contribution is 0.105. The molecule has 0 N–H and O–H groups in total. The number of fused-ring (bicyclic) bond motifs is 2. The molecule has 3 saturated heterocycles. The van der Waals surface area contributed by atoms with E-state index in [1.807, 2.05) is 18.5 Å². The highest BCUT2D eigenvalue weighted by atomic mass is 32.2. The zero-order chi connectivity index (χ0) is 15.8. The van der Waals surface area contributed by atoms with Crippen molar-refractivity contribution in [2.75, 3.05) is 24.2 Å². The predicted molar refractivity (Wildman–Crippen MR) is 88.0 cm³/mol. The van der Waals surface area contributed by atoms with Gasteiger partial charge in [0.1, 0.15) is 11.6 Å². The first kappa shape index (κ1) is 14.8. The maximum absolute atomic E-state index is 13.8. The first-order chi connectivity index (χ1) is 11.2. The van der Waals surface area contributed by atoms with Crippen molar-refractivity contribution in [3.05, 3.63) is 42.1 Å². The Kier molecular flexibility index (Phi) is 3.90. The Morgan fingerprint density at radius 2 is 2.04 bits per heavy atom. The van der Waals surface area contributed by atoms with Gasteiger partial charge in [-0.1, -0.05) is 11.8 Å². The molecular weight excluding hydrogens is 313 g/mol. The van der Waals surface area contributed by atoms with Crippen molar-refractivity contribution in [2.24, 2.45) is 0 Å². The first-order valence-electron chi connectivity index (χ1n) is 7.71. The molecule has 3 fully saturated rings. The molecule has 7 heteroatoms. The van der Waals surface area contributed by atoms with Crippen LogP contribution in [0.2, 0.25) is 0 Å². The molecule has 0 radical (unpaired) electrons. The highest BCUT2D eigenvalue weighted by molar-refractivity contribution is 7.98. The lowest BCUT2D eigenvalue weighted by Crippen LogP contribution is -2.69. The highest BCUT2D eigenvalue weighted by Crippen LogP contribution is 2.36. The number of aromatic nitrogens is 3. The SMILES string of the molecule is CSc1nccc(N2C3CC2CN(Cc2ncccc2F)C3)n1. The third-order valence-corrected chi connectivity index (χ3v) is 5.10. The molecule has 2 bridgehead atoms. The van der Waals surface area contributed by atoms with Crippen molar-refractivity contribution >= 4 is 17.6 Å². The molecule has 2 aromatic heterocycles. The Hall–Kier alpha value is -1.73. The monoisotopic (exact) mass is 331 g/mol. The Morgan fingerprint density at radius 1 is 1.22 bits per heavy atom. The van der Waals surface area contributed by atoms with Crippen LogP contribution < -0.4 is 4.90 Å². The van der Waals surface area contributed by atoms with Crippen LogP contribution in [-0.2, 0) is 6.54 Å². The normalized spacial score (nSPS) is 23.7. The lowest BCUT2D eigenvalue weighted by Gasteiger charge is -2.57. The number of thioether (sulfide) groups is 1. The van der Waals surface area contributed by atoms with Gasteiger partial charge in [0.2, 0.25) is 0 Å². The van der Waals surface area contributed by atoms with Gasteiger partial charge >= 0.3 is 0 Å². The molecule has 0 aliphatic carbocycles. The Bertz CT molecular complexity index is 700. The zero-order valence-corrected chi connectivity index (χ0v) is 13.7. The summed E-state index contributed by atoms with van der Waals surface area (Å²) in [6, 6.07) is 5.99. The van der Waals surface area contributed by atoms with Crippen molar-refractivity contribution in [3.63, 3.8) is 0 Å². The quantitative estimate of drug-likeness (QED) is 0.632. The second-order valence-corrected chi connectivity index (χ2v) is 6.75. The van der Waals surface area contributed by atoms with Crippen LogP contribution in [0.15, 0.2) is 35.7 Å². The van der Waals surface area contributed by atoms with Crippen molar-refractivity contribution < 1.29 is 4.39 Å². The van der Waals surface area contributed by atoms with Gasteiger partial charge in [0.25, 0.3) is 0 Å². The molecule has 2 aromatic rings. The molecule has 0 aromatic carbocycles. The number of piperidine rings is 1. The number of nitrogens with zero attached hydrogens (tertiary/aromatic N) is 5. The van der Waals surface area contributed by atoms with E-state index in [2.05, 4.69) is 24.8 Å². The molecule has 5 nitrogen and oxygen atoms in total. The molecule has 0 spiro atoms. The van der Waals surface area contributed by atoms with Crippen LogP contribution in [0.25, 0.3) is 0 Å². The van der Waals surface area contributed by atoms with E-state index in [4.69, 9.17) is 0 Å². The van der Waals surface area contributed by atoms with Crippen LogP contribution in [0.5, 0.6) is 0 Å². The molecule has 120 valence electrons. The number of rotatable bonds is 4. The summed E-state index contributed by atoms with van der Waals surface area (Å²) in [5, 5.41) is 0.805. The average molecular weight is 331 g/mol. The summed E-state index contributed by atoms with van der Waals surface area (Å²) in [7, 11) is 0. The van der Waals surface area contributed by atoms with Crippen LogP contribution >= 0.6 is 11.8 Å². The smallest absolute Gasteiger partial charge is 0.189 e. The van der Waals surface area contributed by atoms with Gasteiger partial charge in [-0.2, -0.15) is 0 Å². The minimum atomic E-state index is -0.219. The van der Waals surface area contributed by atoms with Gasteiger partial charge in [0.15, 0.2) is 5.16 Å². The molecule has 5 heterocycles. The van der Waals surface area contributed by atoms with E-state index < -0.39 is 0 Å². The molecule has 23 heavy (non-hydrogen) atoms. The summed E-state index contributed by atoms with van der Waals surface area (Å²) in [5.41, 5.74) is 0.534. The second kappa shape index (κ2) is 6.05.